The lowest BCUT2D eigenvalue weighted by molar-refractivity contribution is -0.122. The second-order valence-corrected chi connectivity index (χ2v) is 7.00. The molecule has 116 valence electrons. The molecule has 0 atom stereocenters. The number of nitrogens with one attached hydrogen (secondary N) is 1. The van der Waals surface area contributed by atoms with Gasteiger partial charge in [-0.05, 0) is 63.5 Å². The predicted octanol–water partition coefficient (Wildman–Crippen LogP) is 1.78. The first-order chi connectivity index (χ1) is 9.50. The van der Waals surface area contributed by atoms with Gasteiger partial charge < -0.3 is 15.3 Å². The highest BCUT2D eigenvalue weighted by molar-refractivity contribution is 5.75. The van der Waals surface area contributed by atoms with E-state index in [4.69, 9.17) is 0 Å². The number of likely N-dealkylation sites (tertiary alicyclic amines) is 1. The van der Waals surface area contributed by atoms with E-state index < -0.39 is 5.60 Å². The zero-order valence-corrected chi connectivity index (χ0v) is 13.0. The Kier molecular flexibility index (Phi) is 5.44. The van der Waals surface area contributed by atoms with Crippen molar-refractivity contribution < 1.29 is 9.90 Å². The molecule has 0 spiro atoms. The summed E-state index contributed by atoms with van der Waals surface area (Å²) in [7, 11) is 1.71. The van der Waals surface area contributed by atoms with Gasteiger partial charge in [0.2, 0.25) is 5.91 Å². The number of β-amino-alcohol motifs (C(OH)–C–C–N with tert-alkyl or cyclic N) is 1. The van der Waals surface area contributed by atoms with E-state index in [-0.39, 0.29) is 5.91 Å². The highest BCUT2D eigenvalue weighted by Gasteiger charge is 2.34. The van der Waals surface area contributed by atoms with Gasteiger partial charge in [0.15, 0.2) is 0 Å². The third-order valence-electron chi connectivity index (χ3n) is 5.18. The SMILES string of the molecule is CNC(=O)CC1CCN(CC2(O)CCC(C)CC2)CC1. The first-order valence-corrected chi connectivity index (χ1v) is 8.16. The second-order valence-electron chi connectivity index (χ2n) is 7.00. The number of amides is 1. The molecule has 0 aromatic carbocycles. The van der Waals surface area contributed by atoms with Crippen LogP contribution in [-0.4, -0.2) is 48.2 Å². The zero-order valence-electron chi connectivity index (χ0n) is 13.0. The Bertz CT molecular complexity index is 316. The largest absolute Gasteiger partial charge is 0.389 e. The molecule has 0 aromatic heterocycles. The smallest absolute Gasteiger partial charge is 0.220 e. The van der Waals surface area contributed by atoms with Crippen LogP contribution in [0.3, 0.4) is 0 Å². The Morgan fingerprint density at radius 1 is 1.25 bits per heavy atom. The first kappa shape index (κ1) is 15.8. The van der Waals surface area contributed by atoms with Gasteiger partial charge in [-0.1, -0.05) is 6.92 Å². The number of piperidine rings is 1. The van der Waals surface area contributed by atoms with Gasteiger partial charge in [-0.15, -0.1) is 0 Å². The predicted molar refractivity (Wildman–Crippen MR) is 80.4 cm³/mol. The summed E-state index contributed by atoms with van der Waals surface area (Å²) in [4.78, 5) is 13.8. The number of rotatable bonds is 4. The molecule has 0 bridgehead atoms. The Labute approximate surface area is 122 Å². The molecule has 2 rings (SSSR count). The molecule has 1 amide bonds. The van der Waals surface area contributed by atoms with Crippen LogP contribution in [0.1, 0.15) is 51.9 Å². The van der Waals surface area contributed by atoms with Crippen LogP contribution in [0.5, 0.6) is 0 Å². The number of nitrogens with zero attached hydrogens (tertiary/aromatic N) is 1. The van der Waals surface area contributed by atoms with Crippen LogP contribution >= 0.6 is 0 Å². The summed E-state index contributed by atoms with van der Waals surface area (Å²) >= 11 is 0. The van der Waals surface area contributed by atoms with Crippen molar-refractivity contribution in [2.45, 2.75) is 57.5 Å². The summed E-state index contributed by atoms with van der Waals surface area (Å²) in [6.45, 7) is 5.16. The van der Waals surface area contributed by atoms with Gasteiger partial charge in [0, 0.05) is 20.0 Å². The average Bonchev–Trinajstić information content (AvgIpc) is 2.44. The van der Waals surface area contributed by atoms with Gasteiger partial charge in [0.1, 0.15) is 0 Å². The normalized spacial score (nSPS) is 33.0. The van der Waals surface area contributed by atoms with E-state index in [1.807, 2.05) is 0 Å². The molecule has 0 unspecified atom stereocenters. The lowest BCUT2D eigenvalue weighted by Crippen LogP contribution is -2.48. The van der Waals surface area contributed by atoms with Crippen LogP contribution in [0.15, 0.2) is 0 Å². The minimum atomic E-state index is -0.458. The standard InChI is InChI=1S/C16H30N2O2/c1-13-3-7-16(20,8-4-13)12-18-9-5-14(6-10-18)11-15(19)17-2/h13-14,20H,3-12H2,1-2H3,(H,17,19). The monoisotopic (exact) mass is 282 g/mol. The fourth-order valence-electron chi connectivity index (χ4n) is 3.59. The molecule has 1 aliphatic heterocycles. The van der Waals surface area contributed by atoms with Crippen molar-refractivity contribution in [3.8, 4) is 0 Å². The molecule has 1 heterocycles. The summed E-state index contributed by atoms with van der Waals surface area (Å²) in [5.41, 5.74) is -0.458. The van der Waals surface area contributed by atoms with Crippen molar-refractivity contribution in [1.29, 1.82) is 0 Å². The molecule has 1 aliphatic carbocycles. The van der Waals surface area contributed by atoms with E-state index in [1.165, 1.54) is 0 Å². The first-order valence-electron chi connectivity index (χ1n) is 8.16. The number of carbonyl (C=O) groups is 1. The van der Waals surface area contributed by atoms with E-state index in [0.29, 0.717) is 12.3 Å². The quantitative estimate of drug-likeness (QED) is 0.826. The van der Waals surface area contributed by atoms with Gasteiger partial charge in [-0.25, -0.2) is 0 Å². The number of carbonyl (C=O) groups excluding carboxylic acids is 1. The van der Waals surface area contributed by atoms with E-state index in [1.54, 1.807) is 7.05 Å². The Morgan fingerprint density at radius 2 is 1.85 bits per heavy atom. The van der Waals surface area contributed by atoms with E-state index >= 15 is 0 Å². The molecule has 2 aliphatic rings. The van der Waals surface area contributed by atoms with Gasteiger partial charge in [-0.2, -0.15) is 0 Å². The third kappa shape index (κ3) is 4.45. The summed E-state index contributed by atoms with van der Waals surface area (Å²) < 4.78 is 0. The maximum atomic E-state index is 11.4. The molecule has 0 aromatic rings. The van der Waals surface area contributed by atoms with Crippen molar-refractivity contribution >= 4 is 5.91 Å². The zero-order chi connectivity index (χ0) is 14.6. The van der Waals surface area contributed by atoms with Crippen LogP contribution in [0, 0.1) is 11.8 Å². The van der Waals surface area contributed by atoms with E-state index in [2.05, 4.69) is 17.1 Å². The summed E-state index contributed by atoms with van der Waals surface area (Å²) in [5, 5.41) is 13.4. The topological polar surface area (TPSA) is 52.6 Å². The van der Waals surface area contributed by atoms with Crippen LogP contribution in [0.2, 0.25) is 0 Å². The van der Waals surface area contributed by atoms with Crippen molar-refractivity contribution in [3.63, 3.8) is 0 Å². The van der Waals surface area contributed by atoms with Gasteiger partial charge in [0.25, 0.3) is 0 Å². The number of hydrogen-bond acceptors (Lipinski definition) is 3. The van der Waals surface area contributed by atoms with Gasteiger partial charge >= 0.3 is 0 Å². The second kappa shape index (κ2) is 6.90. The van der Waals surface area contributed by atoms with Crippen molar-refractivity contribution in [3.05, 3.63) is 0 Å². The van der Waals surface area contributed by atoms with E-state index in [9.17, 15) is 9.90 Å². The Hall–Kier alpha value is -0.610. The molecular formula is C16H30N2O2. The van der Waals surface area contributed by atoms with E-state index in [0.717, 1.165) is 64.1 Å². The number of hydrogen-bond donors (Lipinski definition) is 2. The van der Waals surface area contributed by atoms with Crippen molar-refractivity contribution in [1.82, 2.24) is 10.2 Å². The molecule has 2 fully saturated rings. The Morgan fingerprint density at radius 3 is 2.40 bits per heavy atom. The summed E-state index contributed by atoms with van der Waals surface area (Å²) in [6.07, 6.45) is 7.04. The van der Waals surface area contributed by atoms with Crippen molar-refractivity contribution in [2.75, 3.05) is 26.7 Å². The molecule has 2 N–H and O–H groups in total. The molecule has 1 saturated carbocycles. The molecule has 4 heteroatoms. The van der Waals surface area contributed by atoms with Crippen LogP contribution in [0.4, 0.5) is 0 Å². The molecule has 0 radical (unpaired) electrons. The minimum absolute atomic E-state index is 0.156. The number of aliphatic hydroxyl groups is 1. The van der Waals surface area contributed by atoms with Gasteiger partial charge in [-0.3, -0.25) is 4.79 Å². The summed E-state index contributed by atoms with van der Waals surface area (Å²) in [5.74, 6) is 1.45. The highest BCUT2D eigenvalue weighted by atomic mass is 16.3. The maximum absolute atomic E-state index is 11.4. The fraction of sp³-hybridized carbons (Fsp3) is 0.938. The lowest BCUT2D eigenvalue weighted by atomic mass is 9.79. The Balaban J connectivity index is 1.73. The molecule has 20 heavy (non-hydrogen) atoms. The minimum Gasteiger partial charge on any atom is -0.389 e. The fourth-order valence-corrected chi connectivity index (χ4v) is 3.59. The highest BCUT2D eigenvalue weighted by Crippen LogP contribution is 2.33. The average molecular weight is 282 g/mol. The lowest BCUT2D eigenvalue weighted by Gasteiger charge is -2.41. The maximum Gasteiger partial charge on any atom is 0.220 e. The molecular weight excluding hydrogens is 252 g/mol. The molecule has 4 nitrogen and oxygen atoms in total. The molecule has 1 saturated heterocycles. The van der Waals surface area contributed by atoms with Crippen molar-refractivity contribution in [2.24, 2.45) is 11.8 Å². The van der Waals surface area contributed by atoms with Crippen LogP contribution in [0.25, 0.3) is 0 Å². The van der Waals surface area contributed by atoms with Crippen LogP contribution < -0.4 is 5.32 Å². The van der Waals surface area contributed by atoms with Gasteiger partial charge in [0.05, 0.1) is 5.60 Å². The summed E-state index contributed by atoms with van der Waals surface area (Å²) in [6, 6.07) is 0. The third-order valence-corrected chi connectivity index (χ3v) is 5.18. The van der Waals surface area contributed by atoms with Crippen LogP contribution in [-0.2, 0) is 4.79 Å².